The number of carbonyl (C=O) groups excluding carboxylic acids is 2. The van der Waals surface area contributed by atoms with Gasteiger partial charge < -0.3 is 10.2 Å². The normalized spacial score (nSPS) is 18.6. The fourth-order valence-corrected chi connectivity index (χ4v) is 1.74. The van der Waals surface area contributed by atoms with Crippen LogP contribution in [0.1, 0.15) is 6.92 Å². The van der Waals surface area contributed by atoms with Gasteiger partial charge in [0.05, 0.1) is 7.11 Å². The summed E-state index contributed by atoms with van der Waals surface area (Å²) in [7, 11) is 1.60. The molecule has 1 aromatic rings. The third-order valence-corrected chi connectivity index (χ3v) is 2.77. The topological polar surface area (TPSA) is 79.5 Å². The first-order valence-electron chi connectivity index (χ1n) is 5.79. The highest BCUT2D eigenvalue weighted by molar-refractivity contribution is 6.07. The quantitative estimate of drug-likeness (QED) is 0.546. The Kier molecular flexibility index (Phi) is 3.82. The Bertz CT molecular complexity index is 522. The average molecular weight is 261 g/mol. The highest BCUT2D eigenvalue weighted by atomic mass is 16.5. The molecule has 1 aliphatic rings. The molecule has 6 heteroatoms. The molecule has 0 saturated heterocycles. The minimum absolute atomic E-state index is 0.369. The van der Waals surface area contributed by atoms with Crippen molar-refractivity contribution in [1.82, 2.24) is 10.7 Å². The van der Waals surface area contributed by atoms with E-state index in [9.17, 15) is 9.59 Å². The van der Waals surface area contributed by atoms with Gasteiger partial charge in [0.2, 0.25) is 5.91 Å². The molecule has 3 N–H and O–H groups in total. The lowest BCUT2D eigenvalue weighted by Crippen LogP contribution is -2.51. The highest BCUT2D eigenvalue weighted by Crippen LogP contribution is 2.15. The number of hydrazine groups is 1. The van der Waals surface area contributed by atoms with Gasteiger partial charge in [-0.1, -0.05) is 0 Å². The molecule has 6 nitrogen and oxygen atoms in total. The van der Waals surface area contributed by atoms with E-state index in [1.807, 2.05) is 12.1 Å². The average Bonchev–Trinajstić information content (AvgIpc) is 2.38. The maximum Gasteiger partial charge on any atom is 0.250 e. The molecule has 0 spiro atoms. The van der Waals surface area contributed by atoms with Crippen molar-refractivity contribution in [3.8, 4) is 5.75 Å². The fourth-order valence-electron chi connectivity index (χ4n) is 1.74. The van der Waals surface area contributed by atoms with Crippen molar-refractivity contribution in [1.29, 1.82) is 0 Å². The lowest BCUT2D eigenvalue weighted by molar-refractivity contribution is -0.129. The van der Waals surface area contributed by atoms with Gasteiger partial charge in [0.25, 0.3) is 5.91 Å². The van der Waals surface area contributed by atoms with E-state index in [2.05, 4.69) is 16.2 Å². The SMILES string of the molecule is COc1ccc(NNC2C(=O)NC(=O)C=C2C)cc1. The van der Waals surface area contributed by atoms with Crippen LogP contribution in [-0.4, -0.2) is 25.0 Å². The summed E-state index contributed by atoms with van der Waals surface area (Å²) in [5, 5.41) is 2.24. The third kappa shape index (κ3) is 3.11. The van der Waals surface area contributed by atoms with Crippen LogP contribution >= 0.6 is 0 Å². The number of amides is 2. The summed E-state index contributed by atoms with van der Waals surface area (Å²) in [4.78, 5) is 22.7. The molecule has 2 amide bonds. The Morgan fingerprint density at radius 1 is 1.21 bits per heavy atom. The largest absolute Gasteiger partial charge is 0.497 e. The molecule has 1 unspecified atom stereocenters. The maximum absolute atomic E-state index is 11.6. The van der Waals surface area contributed by atoms with Gasteiger partial charge in [0.1, 0.15) is 11.8 Å². The van der Waals surface area contributed by atoms with Gasteiger partial charge in [-0.2, -0.15) is 0 Å². The van der Waals surface area contributed by atoms with Crippen molar-refractivity contribution < 1.29 is 14.3 Å². The van der Waals surface area contributed by atoms with Crippen LogP contribution in [0.5, 0.6) is 5.75 Å². The smallest absolute Gasteiger partial charge is 0.250 e. The molecule has 100 valence electrons. The molecule has 0 aliphatic carbocycles. The number of anilines is 1. The van der Waals surface area contributed by atoms with Crippen molar-refractivity contribution in [3.05, 3.63) is 35.9 Å². The van der Waals surface area contributed by atoms with Gasteiger partial charge in [0, 0.05) is 11.8 Å². The molecule has 1 aliphatic heterocycles. The number of methoxy groups -OCH3 is 1. The highest BCUT2D eigenvalue weighted by Gasteiger charge is 2.26. The predicted molar refractivity (Wildman–Crippen MR) is 70.4 cm³/mol. The molecule has 0 fully saturated rings. The Morgan fingerprint density at radius 3 is 2.47 bits per heavy atom. The zero-order valence-electron chi connectivity index (χ0n) is 10.7. The fraction of sp³-hybridized carbons (Fsp3) is 0.231. The summed E-state index contributed by atoms with van der Waals surface area (Å²) in [5.41, 5.74) is 7.25. The van der Waals surface area contributed by atoms with Crippen LogP contribution in [-0.2, 0) is 9.59 Å². The monoisotopic (exact) mass is 261 g/mol. The molecule has 0 saturated carbocycles. The number of hydrogen-bond donors (Lipinski definition) is 3. The predicted octanol–water partition coefficient (Wildman–Crippen LogP) is 0.583. The molecule has 19 heavy (non-hydrogen) atoms. The summed E-state index contributed by atoms with van der Waals surface area (Å²) in [6.07, 6.45) is 1.40. The van der Waals surface area contributed by atoms with E-state index in [-0.39, 0.29) is 11.8 Å². The van der Waals surface area contributed by atoms with E-state index < -0.39 is 6.04 Å². The number of carbonyl (C=O) groups is 2. The second-order valence-corrected chi connectivity index (χ2v) is 4.17. The van der Waals surface area contributed by atoms with Crippen LogP contribution in [0.3, 0.4) is 0 Å². The Hall–Kier alpha value is -2.34. The first-order valence-corrected chi connectivity index (χ1v) is 5.79. The molecule has 1 atom stereocenters. The van der Waals surface area contributed by atoms with Crippen LogP contribution in [0.15, 0.2) is 35.9 Å². The van der Waals surface area contributed by atoms with Gasteiger partial charge in [0.15, 0.2) is 0 Å². The summed E-state index contributed by atoms with van der Waals surface area (Å²) >= 11 is 0. The second-order valence-electron chi connectivity index (χ2n) is 4.17. The molecular formula is C13H15N3O3. The number of nitrogens with one attached hydrogen (secondary N) is 3. The van der Waals surface area contributed by atoms with Crippen molar-refractivity contribution in [3.63, 3.8) is 0 Å². The minimum Gasteiger partial charge on any atom is -0.497 e. The Morgan fingerprint density at radius 2 is 1.89 bits per heavy atom. The lowest BCUT2D eigenvalue weighted by Gasteiger charge is -2.22. The standard InChI is InChI=1S/C13H15N3O3/c1-8-7-11(17)14-13(18)12(8)16-15-9-3-5-10(19-2)6-4-9/h3-7,12,15-16H,1-2H3,(H,14,17,18). The zero-order valence-corrected chi connectivity index (χ0v) is 10.7. The van der Waals surface area contributed by atoms with E-state index in [0.29, 0.717) is 5.57 Å². The molecule has 1 aromatic carbocycles. The Balaban J connectivity index is 1.99. The molecule has 2 rings (SSSR count). The van der Waals surface area contributed by atoms with Gasteiger partial charge in [-0.25, -0.2) is 5.43 Å². The van der Waals surface area contributed by atoms with E-state index >= 15 is 0 Å². The van der Waals surface area contributed by atoms with Crippen LogP contribution in [0, 0.1) is 0 Å². The Labute approximate surface area is 110 Å². The molecule has 0 radical (unpaired) electrons. The minimum atomic E-state index is -0.570. The second kappa shape index (κ2) is 5.53. The molecule has 0 aromatic heterocycles. The van der Waals surface area contributed by atoms with E-state index in [1.54, 1.807) is 26.2 Å². The van der Waals surface area contributed by atoms with E-state index in [4.69, 9.17) is 4.74 Å². The lowest BCUT2D eigenvalue weighted by atomic mass is 10.1. The van der Waals surface area contributed by atoms with Crippen LogP contribution < -0.4 is 20.9 Å². The number of benzene rings is 1. The molecule has 0 bridgehead atoms. The van der Waals surface area contributed by atoms with E-state index in [1.165, 1.54) is 6.08 Å². The van der Waals surface area contributed by atoms with Crippen LogP contribution in [0.4, 0.5) is 5.69 Å². The summed E-state index contributed by atoms with van der Waals surface area (Å²) < 4.78 is 5.05. The van der Waals surface area contributed by atoms with E-state index in [0.717, 1.165) is 11.4 Å². The van der Waals surface area contributed by atoms with Crippen LogP contribution in [0.2, 0.25) is 0 Å². The number of hydrogen-bond acceptors (Lipinski definition) is 5. The first kappa shape index (κ1) is 13.1. The summed E-state index contributed by atoms with van der Waals surface area (Å²) in [6, 6.07) is 6.67. The van der Waals surface area contributed by atoms with Crippen molar-refractivity contribution in [2.45, 2.75) is 13.0 Å². The number of rotatable bonds is 4. The number of imide groups is 1. The van der Waals surface area contributed by atoms with Crippen molar-refractivity contribution in [2.75, 3.05) is 12.5 Å². The third-order valence-electron chi connectivity index (χ3n) is 2.77. The van der Waals surface area contributed by atoms with Crippen molar-refractivity contribution in [2.24, 2.45) is 0 Å². The molecular weight excluding hydrogens is 246 g/mol. The van der Waals surface area contributed by atoms with Gasteiger partial charge in [-0.3, -0.25) is 14.9 Å². The summed E-state index contributed by atoms with van der Waals surface area (Å²) in [5.74, 6) is -0.00126. The zero-order chi connectivity index (χ0) is 13.8. The summed E-state index contributed by atoms with van der Waals surface area (Å²) in [6.45, 7) is 1.73. The van der Waals surface area contributed by atoms with Crippen molar-refractivity contribution >= 4 is 17.5 Å². The van der Waals surface area contributed by atoms with Crippen LogP contribution in [0.25, 0.3) is 0 Å². The first-order chi connectivity index (χ1) is 9.10. The number of ether oxygens (including phenoxy) is 1. The van der Waals surface area contributed by atoms with Gasteiger partial charge in [-0.15, -0.1) is 0 Å². The molecule has 1 heterocycles. The van der Waals surface area contributed by atoms with Gasteiger partial charge in [-0.05, 0) is 36.8 Å². The maximum atomic E-state index is 11.6. The van der Waals surface area contributed by atoms with Gasteiger partial charge >= 0.3 is 0 Å².